The SMILES string of the molecule is CC(C)N1CCCC[C@@H]1C=O. The van der Waals surface area contributed by atoms with Gasteiger partial charge in [0.25, 0.3) is 0 Å². The Labute approximate surface area is 68.6 Å². The maximum atomic E-state index is 10.6. The fourth-order valence-electron chi connectivity index (χ4n) is 1.77. The Morgan fingerprint density at radius 2 is 2.18 bits per heavy atom. The first kappa shape index (κ1) is 8.72. The third kappa shape index (κ3) is 2.03. The number of piperidine rings is 1. The maximum absolute atomic E-state index is 10.6. The molecular weight excluding hydrogens is 138 g/mol. The summed E-state index contributed by atoms with van der Waals surface area (Å²) >= 11 is 0. The highest BCUT2D eigenvalue weighted by Crippen LogP contribution is 2.17. The molecule has 0 aliphatic carbocycles. The summed E-state index contributed by atoms with van der Waals surface area (Å²) in [5, 5.41) is 0. The van der Waals surface area contributed by atoms with Crippen LogP contribution in [0.15, 0.2) is 0 Å². The highest BCUT2D eigenvalue weighted by molar-refractivity contribution is 5.57. The van der Waals surface area contributed by atoms with Crippen molar-refractivity contribution in [2.24, 2.45) is 0 Å². The van der Waals surface area contributed by atoms with Crippen LogP contribution in [-0.2, 0) is 4.79 Å². The van der Waals surface area contributed by atoms with E-state index in [0.717, 1.165) is 19.3 Å². The Hall–Kier alpha value is -0.370. The highest BCUT2D eigenvalue weighted by atomic mass is 16.1. The summed E-state index contributed by atoms with van der Waals surface area (Å²) in [6.07, 6.45) is 4.62. The van der Waals surface area contributed by atoms with Gasteiger partial charge in [-0.2, -0.15) is 0 Å². The first-order valence-corrected chi connectivity index (χ1v) is 4.46. The van der Waals surface area contributed by atoms with Gasteiger partial charge in [0.05, 0.1) is 6.04 Å². The predicted molar refractivity (Wildman–Crippen MR) is 45.5 cm³/mol. The van der Waals surface area contributed by atoms with E-state index >= 15 is 0 Å². The van der Waals surface area contributed by atoms with Crippen LogP contribution >= 0.6 is 0 Å². The Kier molecular flexibility index (Phi) is 3.06. The Morgan fingerprint density at radius 3 is 2.64 bits per heavy atom. The van der Waals surface area contributed by atoms with Crippen molar-refractivity contribution in [2.45, 2.75) is 45.2 Å². The number of hydrogen-bond acceptors (Lipinski definition) is 2. The van der Waals surface area contributed by atoms with Gasteiger partial charge in [-0.1, -0.05) is 6.42 Å². The quantitative estimate of drug-likeness (QED) is 0.562. The molecule has 0 N–H and O–H groups in total. The molecule has 0 unspecified atom stereocenters. The zero-order valence-corrected chi connectivity index (χ0v) is 7.42. The molecule has 0 amide bonds. The summed E-state index contributed by atoms with van der Waals surface area (Å²) in [7, 11) is 0. The van der Waals surface area contributed by atoms with Crippen LogP contribution in [0.2, 0.25) is 0 Å². The molecule has 0 spiro atoms. The minimum absolute atomic E-state index is 0.198. The van der Waals surface area contributed by atoms with Gasteiger partial charge in [0.1, 0.15) is 6.29 Å². The summed E-state index contributed by atoms with van der Waals surface area (Å²) in [5.74, 6) is 0. The van der Waals surface area contributed by atoms with E-state index in [9.17, 15) is 4.79 Å². The molecule has 0 aromatic rings. The largest absolute Gasteiger partial charge is 0.302 e. The van der Waals surface area contributed by atoms with Crippen molar-refractivity contribution >= 4 is 6.29 Å². The van der Waals surface area contributed by atoms with E-state index in [0.29, 0.717) is 6.04 Å². The second kappa shape index (κ2) is 3.86. The average Bonchev–Trinajstić information content (AvgIpc) is 2.04. The van der Waals surface area contributed by atoms with Crippen LogP contribution in [0.25, 0.3) is 0 Å². The molecule has 1 heterocycles. The molecule has 1 saturated heterocycles. The number of aldehydes is 1. The average molecular weight is 155 g/mol. The second-order valence-corrected chi connectivity index (χ2v) is 3.53. The lowest BCUT2D eigenvalue weighted by Crippen LogP contribution is -2.44. The third-order valence-electron chi connectivity index (χ3n) is 2.41. The first-order chi connectivity index (χ1) is 5.25. The van der Waals surface area contributed by atoms with Gasteiger partial charge in [-0.15, -0.1) is 0 Å². The van der Waals surface area contributed by atoms with Crippen molar-refractivity contribution in [3.63, 3.8) is 0 Å². The molecule has 2 nitrogen and oxygen atoms in total. The standard InChI is InChI=1S/C9H17NO/c1-8(2)10-6-4-3-5-9(10)7-11/h7-9H,3-6H2,1-2H3/t9-/m1/s1. The summed E-state index contributed by atoms with van der Waals surface area (Å²) < 4.78 is 0. The summed E-state index contributed by atoms with van der Waals surface area (Å²) in [5.41, 5.74) is 0. The van der Waals surface area contributed by atoms with Crippen molar-refractivity contribution in [1.29, 1.82) is 0 Å². The smallest absolute Gasteiger partial charge is 0.137 e. The van der Waals surface area contributed by atoms with Gasteiger partial charge in [0.2, 0.25) is 0 Å². The molecule has 1 fully saturated rings. The number of nitrogens with zero attached hydrogens (tertiary/aromatic N) is 1. The molecule has 1 atom stereocenters. The summed E-state index contributed by atoms with van der Waals surface area (Å²) in [4.78, 5) is 12.9. The molecule has 0 radical (unpaired) electrons. The molecule has 2 heteroatoms. The monoisotopic (exact) mass is 155 g/mol. The lowest BCUT2D eigenvalue weighted by molar-refractivity contribution is -0.114. The van der Waals surface area contributed by atoms with Crippen molar-refractivity contribution in [2.75, 3.05) is 6.54 Å². The van der Waals surface area contributed by atoms with Crippen LogP contribution in [0, 0.1) is 0 Å². The van der Waals surface area contributed by atoms with Crippen LogP contribution in [0.4, 0.5) is 0 Å². The molecule has 0 aromatic heterocycles. The minimum Gasteiger partial charge on any atom is -0.302 e. The second-order valence-electron chi connectivity index (χ2n) is 3.53. The number of carbonyl (C=O) groups excluding carboxylic acids is 1. The van der Waals surface area contributed by atoms with Crippen molar-refractivity contribution < 1.29 is 4.79 Å². The lowest BCUT2D eigenvalue weighted by atomic mass is 10.0. The van der Waals surface area contributed by atoms with E-state index in [1.165, 1.54) is 12.8 Å². The molecule has 0 saturated carbocycles. The van der Waals surface area contributed by atoms with E-state index in [2.05, 4.69) is 18.7 Å². The lowest BCUT2D eigenvalue weighted by Gasteiger charge is -2.35. The molecule has 1 aliphatic rings. The molecule has 0 bridgehead atoms. The zero-order chi connectivity index (χ0) is 8.27. The minimum atomic E-state index is 0.198. The van der Waals surface area contributed by atoms with E-state index < -0.39 is 0 Å². The van der Waals surface area contributed by atoms with Gasteiger partial charge < -0.3 is 4.79 Å². The van der Waals surface area contributed by atoms with Crippen molar-refractivity contribution in [3.05, 3.63) is 0 Å². The summed E-state index contributed by atoms with van der Waals surface area (Å²) in [6, 6.07) is 0.717. The van der Waals surface area contributed by atoms with Gasteiger partial charge in [0.15, 0.2) is 0 Å². The highest BCUT2D eigenvalue weighted by Gasteiger charge is 2.23. The number of hydrogen-bond donors (Lipinski definition) is 0. The Morgan fingerprint density at radius 1 is 1.45 bits per heavy atom. The number of likely N-dealkylation sites (tertiary alicyclic amines) is 1. The summed E-state index contributed by atoms with van der Waals surface area (Å²) in [6.45, 7) is 5.41. The molecular formula is C9H17NO. The van der Waals surface area contributed by atoms with Gasteiger partial charge in [-0.3, -0.25) is 4.90 Å². The van der Waals surface area contributed by atoms with E-state index in [1.54, 1.807) is 0 Å². The van der Waals surface area contributed by atoms with Crippen LogP contribution in [0.1, 0.15) is 33.1 Å². The topological polar surface area (TPSA) is 20.3 Å². The van der Waals surface area contributed by atoms with Gasteiger partial charge in [-0.25, -0.2) is 0 Å². The predicted octanol–water partition coefficient (Wildman–Crippen LogP) is 1.45. The van der Waals surface area contributed by atoms with Crippen molar-refractivity contribution in [3.8, 4) is 0 Å². The number of carbonyl (C=O) groups is 1. The van der Waals surface area contributed by atoms with E-state index in [-0.39, 0.29) is 6.04 Å². The van der Waals surface area contributed by atoms with Crippen LogP contribution in [0.3, 0.4) is 0 Å². The molecule has 1 rings (SSSR count). The van der Waals surface area contributed by atoms with Crippen LogP contribution < -0.4 is 0 Å². The fourth-order valence-corrected chi connectivity index (χ4v) is 1.77. The fraction of sp³-hybridized carbons (Fsp3) is 0.889. The molecule has 1 aliphatic heterocycles. The van der Waals surface area contributed by atoms with Crippen LogP contribution in [-0.4, -0.2) is 29.8 Å². The Bertz CT molecular complexity index is 134. The molecule has 11 heavy (non-hydrogen) atoms. The zero-order valence-electron chi connectivity index (χ0n) is 7.42. The number of rotatable bonds is 2. The molecule has 0 aromatic carbocycles. The van der Waals surface area contributed by atoms with Crippen molar-refractivity contribution in [1.82, 2.24) is 4.90 Å². The molecule has 64 valence electrons. The maximum Gasteiger partial charge on any atom is 0.137 e. The van der Waals surface area contributed by atoms with Gasteiger partial charge in [-0.05, 0) is 33.2 Å². The van der Waals surface area contributed by atoms with E-state index in [1.807, 2.05) is 0 Å². The first-order valence-electron chi connectivity index (χ1n) is 4.46. The van der Waals surface area contributed by atoms with Crippen LogP contribution in [0.5, 0.6) is 0 Å². The Balaban J connectivity index is 2.51. The van der Waals surface area contributed by atoms with E-state index in [4.69, 9.17) is 0 Å². The normalized spacial score (nSPS) is 27.4. The van der Waals surface area contributed by atoms with Gasteiger partial charge >= 0.3 is 0 Å². The third-order valence-corrected chi connectivity index (χ3v) is 2.41. The van der Waals surface area contributed by atoms with Gasteiger partial charge in [0, 0.05) is 6.04 Å².